The maximum Gasteiger partial charge on any atom is 0.151 e. The Bertz CT molecular complexity index is 402. The van der Waals surface area contributed by atoms with Crippen LogP contribution in [0.15, 0.2) is 12.1 Å². The second kappa shape index (κ2) is 6.25. The Kier molecular flexibility index (Phi) is 4.97. The average molecular weight is 237 g/mol. The lowest BCUT2D eigenvalue weighted by Crippen LogP contribution is -2.20. The number of nitrogens with one attached hydrogen (secondary N) is 1. The number of ether oxygens (including phenoxy) is 2. The van der Waals surface area contributed by atoms with Crippen LogP contribution in [0.25, 0.3) is 0 Å². The molecule has 1 aromatic rings. The average Bonchev–Trinajstić information content (AvgIpc) is 2.31. The summed E-state index contributed by atoms with van der Waals surface area (Å²) < 4.78 is 10.5. The van der Waals surface area contributed by atoms with Crippen LogP contribution in [-0.2, 0) is 11.2 Å². The molecule has 0 bridgehead atoms. The zero-order valence-electron chi connectivity index (χ0n) is 10.8. The zero-order chi connectivity index (χ0) is 12.8. The fourth-order valence-corrected chi connectivity index (χ4v) is 1.72. The number of hydrogen-bond acceptors (Lipinski definition) is 4. The fourth-order valence-electron chi connectivity index (χ4n) is 1.72. The molecule has 0 radical (unpaired) electrons. The van der Waals surface area contributed by atoms with Crippen molar-refractivity contribution in [2.75, 3.05) is 27.8 Å². The third kappa shape index (κ3) is 3.46. The highest BCUT2D eigenvalue weighted by atomic mass is 16.5. The van der Waals surface area contributed by atoms with Gasteiger partial charge in [0.25, 0.3) is 0 Å². The minimum absolute atomic E-state index is 0.122. The molecule has 17 heavy (non-hydrogen) atoms. The van der Waals surface area contributed by atoms with E-state index < -0.39 is 0 Å². The van der Waals surface area contributed by atoms with Crippen LogP contribution in [0.4, 0.5) is 0 Å². The van der Waals surface area contributed by atoms with Gasteiger partial charge in [0, 0.05) is 12.0 Å². The number of likely N-dealkylation sites (N-methyl/N-ethyl adjacent to an activating group) is 1. The van der Waals surface area contributed by atoms with Crippen molar-refractivity contribution in [2.45, 2.75) is 13.3 Å². The normalized spacial score (nSPS) is 10.1. The van der Waals surface area contributed by atoms with Gasteiger partial charge in [-0.25, -0.2) is 0 Å². The number of Topliss-reactive ketones (excluding diaryl/α,β-unsaturated/α-hetero) is 1. The highest BCUT2D eigenvalue weighted by Gasteiger charge is 2.11. The molecule has 4 heteroatoms. The van der Waals surface area contributed by atoms with Crippen LogP contribution in [0.1, 0.15) is 11.1 Å². The van der Waals surface area contributed by atoms with Gasteiger partial charge in [-0.05, 0) is 31.7 Å². The van der Waals surface area contributed by atoms with Gasteiger partial charge in [0.05, 0.1) is 20.8 Å². The molecule has 0 spiro atoms. The second-order valence-corrected chi connectivity index (χ2v) is 3.88. The molecule has 1 N–H and O–H groups in total. The number of ketones is 1. The molecule has 0 aliphatic rings. The summed E-state index contributed by atoms with van der Waals surface area (Å²) in [7, 11) is 4.98. The van der Waals surface area contributed by atoms with Crippen LogP contribution in [-0.4, -0.2) is 33.6 Å². The zero-order valence-corrected chi connectivity index (χ0v) is 10.8. The first-order valence-electron chi connectivity index (χ1n) is 5.50. The van der Waals surface area contributed by atoms with Crippen LogP contribution >= 0.6 is 0 Å². The molecule has 0 aliphatic heterocycles. The topological polar surface area (TPSA) is 47.6 Å². The van der Waals surface area contributed by atoms with Gasteiger partial charge in [-0.3, -0.25) is 4.79 Å². The largest absolute Gasteiger partial charge is 0.496 e. The molecule has 1 rings (SSSR count). The quantitative estimate of drug-likeness (QED) is 0.811. The molecular weight excluding hydrogens is 218 g/mol. The Morgan fingerprint density at radius 3 is 2.41 bits per heavy atom. The van der Waals surface area contributed by atoms with Gasteiger partial charge in [0.15, 0.2) is 5.78 Å². The predicted molar refractivity (Wildman–Crippen MR) is 66.9 cm³/mol. The van der Waals surface area contributed by atoms with Crippen molar-refractivity contribution in [3.8, 4) is 11.5 Å². The molecule has 0 heterocycles. The number of carbonyl (C=O) groups is 1. The minimum atomic E-state index is 0.122. The van der Waals surface area contributed by atoms with E-state index in [2.05, 4.69) is 5.32 Å². The van der Waals surface area contributed by atoms with E-state index in [4.69, 9.17) is 9.47 Å². The van der Waals surface area contributed by atoms with E-state index in [1.165, 1.54) is 0 Å². The molecule has 0 aliphatic carbocycles. The summed E-state index contributed by atoms with van der Waals surface area (Å²) in [6, 6.07) is 3.75. The summed E-state index contributed by atoms with van der Waals surface area (Å²) in [6.45, 7) is 2.31. The summed E-state index contributed by atoms with van der Waals surface area (Å²) in [5.74, 6) is 1.63. The van der Waals surface area contributed by atoms with Crippen LogP contribution in [0.2, 0.25) is 0 Å². The van der Waals surface area contributed by atoms with Gasteiger partial charge < -0.3 is 14.8 Å². The number of aryl methyl sites for hydroxylation is 1. The molecule has 1 aromatic carbocycles. The van der Waals surface area contributed by atoms with E-state index in [0.717, 1.165) is 22.6 Å². The summed E-state index contributed by atoms with van der Waals surface area (Å²) in [6.07, 6.45) is 0.348. The van der Waals surface area contributed by atoms with Gasteiger partial charge in [-0.1, -0.05) is 0 Å². The second-order valence-electron chi connectivity index (χ2n) is 3.88. The van der Waals surface area contributed by atoms with Crippen molar-refractivity contribution < 1.29 is 14.3 Å². The van der Waals surface area contributed by atoms with E-state index in [1.807, 2.05) is 19.1 Å². The Morgan fingerprint density at radius 1 is 1.24 bits per heavy atom. The van der Waals surface area contributed by atoms with E-state index >= 15 is 0 Å². The summed E-state index contributed by atoms with van der Waals surface area (Å²) in [5.41, 5.74) is 1.85. The van der Waals surface area contributed by atoms with E-state index in [-0.39, 0.29) is 5.78 Å². The highest BCUT2D eigenvalue weighted by Crippen LogP contribution is 2.28. The molecule has 0 fully saturated rings. The van der Waals surface area contributed by atoms with Crippen molar-refractivity contribution in [3.05, 3.63) is 23.3 Å². The lowest BCUT2D eigenvalue weighted by atomic mass is 10.0. The summed E-state index contributed by atoms with van der Waals surface area (Å²) in [5, 5.41) is 2.84. The molecule has 0 saturated carbocycles. The third-order valence-electron chi connectivity index (χ3n) is 2.56. The monoisotopic (exact) mass is 237 g/mol. The first-order valence-corrected chi connectivity index (χ1v) is 5.50. The van der Waals surface area contributed by atoms with Crippen LogP contribution in [0.3, 0.4) is 0 Å². The van der Waals surface area contributed by atoms with Crippen molar-refractivity contribution in [1.82, 2.24) is 5.32 Å². The number of methoxy groups -OCH3 is 2. The fraction of sp³-hybridized carbons (Fsp3) is 0.462. The first-order chi connectivity index (χ1) is 8.12. The van der Waals surface area contributed by atoms with Crippen LogP contribution < -0.4 is 14.8 Å². The maximum absolute atomic E-state index is 11.6. The van der Waals surface area contributed by atoms with Gasteiger partial charge in [0.2, 0.25) is 0 Å². The lowest BCUT2D eigenvalue weighted by Gasteiger charge is -2.12. The Balaban J connectivity index is 2.99. The van der Waals surface area contributed by atoms with Gasteiger partial charge in [0.1, 0.15) is 11.5 Å². The Morgan fingerprint density at radius 2 is 1.88 bits per heavy atom. The number of benzene rings is 1. The van der Waals surface area contributed by atoms with Crippen molar-refractivity contribution in [1.29, 1.82) is 0 Å². The summed E-state index contributed by atoms with van der Waals surface area (Å²) in [4.78, 5) is 11.6. The van der Waals surface area contributed by atoms with Crippen molar-refractivity contribution >= 4 is 5.78 Å². The van der Waals surface area contributed by atoms with Gasteiger partial charge >= 0.3 is 0 Å². The van der Waals surface area contributed by atoms with E-state index in [9.17, 15) is 4.79 Å². The van der Waals surface area contributed by atoms with E-state index in [1.54, 1.807) is 21.3 Å². The lowest BCUT2D eigenvalue weighted by molar-refractivity contribution is -0.117. The number of carbonyl (C=O) groups excluding carboxylic acids is 1. The predicted octanol–water partition coefficient (Wildman–Crippen LogP) is 1.34. The molecule has 0 atom stereocenters. The maximum atomic E-state index is 11.6. The third-order valence-corrected chi connectivity index (χ3v) is 2.56. The highest BCUT2D eigenvalue weighted by molar-refractivity contribution is 5.83. The van der Waals surface area contributed by atoms with Crippen molar-refractivity contribution in [2.24, 2.45) is 0 Å². The Hall–Kier alpha value is -1.55. The molecule has 0 saturated heterocycles. The van der Waals surface area contributed by atoms with Crippen molar-refractivity contribution in [3.63, 3.8) is 0 Å². The first kappa shape index (κ1) is 13.5. The SMILES string of the molecule is CNCC(=O)Cc1cc(OC)c(C)cc1OC. The number of rotatable bonds is 6. The standard InChI is InChI=1S/C13H19NO3/c1-9-5-13(17-4)10(7-12(9)16-3)6-11(15)8-14-2/h5,7,14H,6,8H2,1-4H3. The molecular formula is C13H19NO3. The molecule has 0 amide bonds. The van der Waals surface area contributed by atoms with Crippen LogP contribution in [0, 0.1) is 6.92 Å². The molecule has 4 nitrogen and oxygen atoms in total. The Labute approximate surface area is 102 Å². The number of hydrogen-bond donors (Lipinski definition) is 1. The summed E-state index contributed by atoms with van der Waals surface area (Å²) >= 11 is 0. The molecule has 0 unspecified atom stereocenters. The van der Waals surface area contributed by atoms with E-state index in [0.29, 0.717) is 13.0 Å². The molecule has 94 valence electrons. The molecule has 0 aromatic heterocycles. The van der Waals surface area contributed by atoms with Gasteiger partial charge in [-0.15, -0.1) is 0 Å². The van der Waals surface area contributed by atoms with Gasteiger partial charge in [-0.2, -0.15) is 0 Å². The minimum Gasteiger partial charge on any atom is -0.496 e. The van der Waals surface area contributed by atoms with Crippen LogP contribution in [0.5, 0.6) is 11.5 Å². The smallest absolute Gasteiger partial charge is 0.151 e.